The lowest BCUT2D eigenvalue weighted by Gasteiger charge is -2.16. The maximum atomic E-state index is 5.07. The number of aromatic nitrogens is 1. The van der Waals surface area contributed by atoms with Gasteiger partial charge in [0.2, 0.25) is 0 Å². The number of nitrogens with one attached hydrogen (secondary N) is 1. The maximum absolute atomic E-state index is 5.07. The molecule has 0 saturated heterocycles. The number of hydrogen-bond acceptors (Lipinski definition) is 2. The Labute approximate surface area is 96.0 Å². The molecule has 0 bridgehead atoms. The van der Waals surface area contributed by atoms with Gasteiger partial charge in [-0.2, -0.15) is 0 Å². The molecule has 3 heteroatoms. The molecule has 1 aromatic heterocycles. The van der Waals surface area contributed by atoms with Crippen molar-refractivity contribution in [2.24, 2.45) is 0 Å². The zero-order valence-corrected chi connectivity index (χ0v) is 9.86. The van der Waals surface area contributed by atoms with Crippen LogP contribution in [0.25, 0.3) is 10.9 Å². The fourth-order valence-corrected chi connectivity index (χ4v) is 1.91. The van der Waals surface area contributed by atoms with E-state index in [1.54, 1.807) is 7.11 Å². The topological polar surface area (TPSA) is 28.3 Å². The molecule has 0 aliphatic rings. The first-order valence-electron chi connectivity index (χ1n) is 5.53. The summed E-state index contributed by atoms with van der Waals surface area (Å²) in [5.41, 5.74) is 2.56. The van der Waals surface area contributed by atoms with Crippen molar-refractivity contribution < 1.29 is 4.74 Å². The maximum Gasteiger partial charge on any atom is 0.0589 e. The second-order valence-electron chi connectivity index (χ2n) is 4.09. The minimum Gasteiger partial charge on any atom is -0.383 e. The van der Waals surface area contributed by atoms with Crippen molar-refractivity contribution in [3.8, 4) is 0 Å². The van der Waals surface area contributed by atoms with Gasteiger partial charge in [0.05, 0.1) is 6.61 Å². The summed E-state index contributed by atoms with van der Waals surface area (Å²) in [6, 6.07) is 8.51. The third-order valence-electron chi connectivity index (χ3n) is 2.80. The Morgan fingerprint density at radius 1 is 1.31 bits per heavy atom. The molecular weight excluding hydrogens is 200 g/mol. The summed E-state index contributed by atoms with van der Waals surface area (Å²) in [7, 11) is 3.85. The number of ether oxygens (including phenoxy) is 1. The summed E-state index contributed by atoms with van der Waals surface area (Å²) >= 11 is 0. The van der Waals surface area contributed by atoms with Gasteiger partial charge in [-0.3, -0.25) is 4.90 Å². The lowest BCUT2D eigenvalue weighted by Crippen LogP contribution is -2.22. The van der Waals surface area contributed by atoms with E-state index in [4.69, 9.17) is 4.74 Å². The van der Waals surface area contributed by atoms with Gasteiger partial charge in [0.15, 0.2) is 0 Å². The van der Waals surface area contributed by atoms with Crippen LogP contribution in [-0.4, -0.2) is 37.2 Å². The highest BCUT2D eigenvalue weighted by molar-refractivity contribution is 5.82. The van der Waals surface area contributed by atoms with Gasteiger partial charge in [0, 0.05) is 37.3 Å². The van der Waals surface area contributed by atoms with Gasteiger partial charge in [0.1, 0.15) is 0 Å². The Bertz CT molecular complexity index is 450. The smallest absolute Gasteiger partial charge is 0.0589 e. The highest BCUT2D eigenvalue weighted by Crippen LogP contribution is 2.18. The number of likely N-dealkylation sites (N-methyl/N-ethyl adjacent to an activating group) is 1. The third kappa shape index (κ3) is 2.43. The zero-order chi connectivity index (χ0) is 11.4. The van der Waals surface area contributed by atoms with Gasteiger partial charge >= 0.3 is 0 Å². The highest BCUT2D eigenvalue weighted by Gasteiger charge is 2.04. The van der Waals surface area contributed by atoms with Crippen molar-refractivity contribution in [3.63, 3.8) is 0 Å². The minimum absolute atomic E-state index is 0.777. The number of hydrogen-bond donors (Lipinski definition) is 1. The monoisotopic (exact) mass is 218 g/mol. The van der Waals surface area contributed by atoms with Crippen LogP contribution in [0.15, 0.2) is 30.5 Å². The lowest BCUT2D eigenvalue weighted by atomic mass is 10.1. The normalized spacial score (nSPS) is 11.4. The van der Waals surface area contributed by atoms with Crippen molar-refractivity contribution in [3.05, 3.63) is 36.0 Å². The third-order valence-corrected chi connectivity index (χ3v) is 2.80. The number of benzene rings is 1. The van der Waals surface area contributed by atoms with Gasteiger partial charge in [-0.1, -0.05) is 12.1 Å². The fourth-order valence-electron chi connectivity index (χ4n) is 1.91. The van der Waals surface area contributed by atoms with Crippen LogP contribution >= 0.6 is 0 Å². The Hall–Kier alpha value is -1.32. The van der Waals surface area contributed by atoms with E-state index < -0.39 is 0 Å². The van der Waals surface area contributed by atoms with Gasteiger partial charge in [-0.05, 0) is 24.7 Å². The fraction of sp³-hybridized carbons (Fsp3) is 0.385. The van der Waals surface area contributed by atoms with Crippen LogP contribution in [-0.2, 0) is 11.3 Å². The van der Waals surface area contributed by atoms with Crippen LogP contribution in [0, 0.1) is 0 Å². The molecule has 86 valence electrons. The molecular formula is C13H18N2O. The van der Waals surface area contributed by atoms with Crippen LogP contribution in [0.5, 0.6) is 0 Å². The molecule has 0 amide bonds. The van der Waals surface area contributed by atoms with Crippen LogP contribution in [0.1, 0.15) is 5.56 Å². The average Bonchev–Trinajstić information content (AvgIpc) is 2.75. The molecule has 16 heavy (non-hydrogen) atoms. The second kappa shape index (κ2) is 5.14. The van der Waals surface area contributed by atoms with Crippen molar-refractivity contribution in [1.82, 2.24) is 9.88 Å². The van der Waals surface area contributed by atoms with E-state index in [1.807, 2.05) is 6.20 Å². The largest absolute Gasteiger partial charge is 0.383 e. The number of aromatic amines is 1. The van der Waals surface area contributed by atoms with Crippen molar-refractivity contribution in [2.45, 2.75) is 6.54 Å². The zero-order valence-electron chi connectivity index (χ0n) is 9.86. The Morgan fingerprint density at radius 3 is 3.00 bits per heavy atom. The first-order chi connectivity index (χ1) is 7.81. The van der Waals surface area contributed by atoms with E-state index in [0.717, 1.165) is 19.7 Å². The predicted octanol–water partition coefficient (Wildman–Crippen LogP) is 2.25. The van der Waals surface area contributed by atoms with E-state index in [0.29, 0.717) is 0 Å². The van der Waals surface area contributed by atoms with Crippen LogP contribution < -0.4 is 0 Å². The quantitative estimate of drug-likeness (QED) is 0.833. The first-order valence-corrected chi connectivity index (χ1v) is 5.53. The lowest BCUT2D eigenvalue weighted by molar-refractivity contribution is 0.159. The number of nitrogens with zero attached hydrogens (tertiary/aromatic N) is 1. The van der Waals surface area contributed by atoms with Crippen molar-refractivity contribution in [2.75, 3.05) is 27.3 Å². The van der Waals surface area contributed by atoms with Crippen LogP contribution in [0.4, 0.5) is 0 Å². The van der Waals surface area contributed by atoms with Crippen molar-refractivity contribution >= 4 is 10.9 Å². The summed E-state index contributed by atoms with van der Waals surface area (Å²) in [5, 5.41) is 1.31. The molecule has 2 aromatic rings. The van der Waals surface area contributed by atoms with Crippen molar-refractivity contribution in [1.29, 1.82) is 0 Å². The van der Waals surface area contributed by atoms with Crippen LogP contribution in [0.2, 0.25) is 0 Å². The molecule has 0 aliphatic heterocycles. The molecule has 0 radical (unpaired) electrons. The summed E-state index contributed by atoms with van der Waals surface area (Å²) in [5.74, 6) is 0. The number of H-pyrrole nitrogens is 1. The minimum atomic E-state index is 0.777. The highest BCUT2D eigenvalue weighted by atomic mass is 16.5. The van der Waals surface area contributed by atoms with Crippen LogP contribution in [0.3, 0.4) is 0 Å². The molecule has 2 rings (SSSR count). The number of rotatable bonds is 5. The Kier molecular flexibility index (Phi) is 3.59. The van der Waals surface area contributed by atoms with Gasteiger partial charge in [-0.15, -0.1) is 0 Å². The van der Waals surface area contributed by atoms with Gasteiger partial charge in [-0.25, -0.2) is 0 Å². The molecule has 0 unspecified atom stereocenters. The number of fused-ring (bicyclic) bond motifs is 1. The molecule has 0 fully saturated rings. The Balaban J connectivity index is 2.11. The standard InChI is InChI=1S/C13H18N2O/c1-15(8-9-16-2)10-11-4-3-5-13-12(11)6-7-14-13/h3-7,14H,8-10H2,1-2H3. The average molecular weight is 218 g/mol. The predicted molar refractivity (Wildman–Crippen MR) is 66.5 cm³/mol. The second-order valence-corrected chi connectivity index (χ2v) is 4.09. The van der Waals surface area contributed by atoms with E-state index in [1.165, 1.54) is 16.5 Å². The number of methoxy groups -OCH3 is 1. The molecule has 1 heterocycles. The molecule has 0 atom stereocenters. The SMILES string of the molecule is COCCN(C)Cc1cccc2[nH]ccc12. The van der Waals surface area contributed by atoms with E-state index in [-0.39, 0.29) is 0 Å². The van der Waals surface area contributed by atoms with Gasteiger partial charge < -0.3 is 9.72 Å². The summed E-state index contributed by atoms with van der Waals surface area (Å²) in [6.45, 7) is 2.69. The molecule has 3 nitrogen and oxygen atoms in total. The van der Waals surface area contributed by atoms with E-state index in [9.17, 15) is 0 Å². The molecule has 0 spiro atoms. The van der Waals surface area contributed by atoms with E-state index in [2.05, 4.69) is 41.2 Å². The van der Waals surface area contributed by atoms with E-state index >= 15 is 0 Å². The molecule has 1 N–H and O–H groups in total. The summed E-state index contributed by atoms with van der Waals surface area (Å²) in [6.07, 6.45) is 1.99. The Morgan fingerprint density at radius 2 is 2.19 bits per heavy atom. The summed E-state index contributed by atoms with van der Waals surface area (Å²) in [4.78, 5) is 5.50. The molecule has 0 saturated carbocycles. The summed E-state index contributed by atoms with van der Waals surface area (Å²) < 4.78 is 5.07. The van der Waals surface area contributed by atoms with Gasteiger partial charge in [0.25, 0.3) is 0 Å². The molecule has 0 aliphatic carbocycles. The first kappa shape index (κ1) is 11.2. The molecule has 1 aromatic carbocycles.